The molecule has 1 fully saturated rings. The van der Waals surface area contributed by atoms with Gasteiger partial charge in [-0.2, -0.15) is 0 Å². The summed E-state index contributed by atoms with van der Waals surface area (Å²) in [6, 6.07) is 8.17. The lowest BCUT2D eigenvalue weighted by Crippen LogP contribution is -2.41. The Hall–Kier alpha value is -1.84. The minimum Gasteiger partial charge on any atom is -0.466 e. The highest BCUT2D eigenvalue weighted by Gasteiger charge is 2.26. The van der Waals surface area contributed by atoms with Gasteiger partial charge in [0.05, 0.1) is 13.0 Å². The van der Waals surface area contributed by atoms with Crippen LogP contribution in [-0.4, -0.2) is 36.0 Å². The Morgan fingerprint density at radius 3 is 2.15 bits per heavy atom. The molecule has 1 aromatic carbocycles. The number of amides is 1. The number of ether oxygens (including phenoxy) is 1. The van der Waals surface area contributed by atoms with Crippen LogP contribution >= 0.6 is 0 Å². The third-order valence-electron chi connectivity index (χ3n) is 5.39. The molecule has 0 unspecified atom stereocenters. The summed E-state index contributed by atoms with van der Waals surface area (Å²) in [5.74, 6) is -0.196. The van der Waals surface area contributed by atoms with E-state index in [1.807, 2.05) is 36.1 Å². The van der Waals surface area contributed by atoms with E-state index in [2.05, 4.69) is 20.8 Å². The molecule has 1 amide bonds. The number of esters is 1. The molecule has 1 aromatic rings. The molecule has 0 bridgehead atoms. The number of benzene rings is 1. The Kier molecular flexibility index (Phi) is 7.88. The van der Waals surface area contributed by atoms with Crippen LogP contribution in [0.1, 0.15) is 88.6 Å². The molecule has 0 atom stereocenters. The van der Waals surface area contributed by atoms with Gasteiger partial charge >= 0.3 is 5.97 Å². The highest BCUT2D eigenvalue weighted by Crippen LogP contribution is 2.26. The first-order chi connectivity index (χ1) is 12.8. The Bertz CT molecular complexity index is 608. The third-order valence-corrected chi connectivity index (χ3v) is 5.39. The fourth-order valence-electron chi connectivity index (χ4n) is 3.74. The topological polar surface area (TPSA) is 46.6 Å². The van der Waals surface area contributed by atoms with Crippen LogP contribution in [0.4, 0.5) is 0 Å². The Morgan fingerprint density at radius 2 is 1.63 bits per heavy atom. The maximum absolute atomic E-state index is 13.3. The number of nitrogens with zero attached hydrogens (tertiary/aromatic N) is 1. The number of hydrogen-bond acceptors (Lipinski definition) is 3. The summed E-state index contributed by atoms with van der Waals surface area (Å²) in [6.07, 6.45) is 7.07. The Morgan fingerprint density at radius 1 is 1.04 bits per heavy atom. The molecular weight excluding hydrogens is 338 g/mol. The molecule has 4 nitrogen and oxygen atoms in total. The molecular formula is C23H35NO3. The molecule has 0 heterocycles. The van der Waals surface area contributed by atoms with Crippen LogP contribution in [0.2, 0.25) is 0 Å². The average molecular weight is 374 g/mol. The second-order valence-corrected chi connectivity index (χ2v) is 8.53. The smallest absolute Gasteiger partial charge is 0.307 e. The molecule has 150 valence electrons. The van der Waals surface area contributed by atoms with Crippen molar-refractivity contribution in [3.8, 4) is 0 Å². The van der Waals surface area contributed by atoms with Crippen LogP contribution in [0.5, 0.6) is 0 Å². The molecule has 27 heavy (non-hydrogen) atoms. The highest BCUT2D eigenvalue weighted by atomic mass is 16.5. The zero-order valence-electron chi connectivity index (χ0n) is 17.4. The number of carbonyl (C=O) groups excluding carboxylic acids is 2. The molecule has 0 N–H and O–H groups in total. The van der Waals surface area contributed by atoms with E-state index in [0.29, 0.717) is 18.7 Å². The largest absolute Gasteiger partial charge is 0.466 e. The molecule has 1 aliphatic rings. The fourth-order valence-corrected chi connectivity index (χ4v) is 3.74. The molecule has 0 aromatic heterocycles. The molecule has 4 heteroatoms. The van der Waals surface area contributed by atoms with Gasteiger partial charge in [-0.25, -0.2) is 0 Å². The molecule has 0 spiro atoms. The standard InChI is InChI=1S/C23H35NO3/c1-5-27-21(25)16-17-24(20-10-8-6-7-9-11-20)22(26)18-12-14-19(15-13-18)23(2,3)4/h12-15,20H,5-11,16-17H2,1-4H3. The second kappa shape index (κ2) is 9.91. The van der Waals surface area contributed by atoms with Gasteiger partial charge in [0.2, 0.25) is 0 Å². The van der Waals surface area contributed by atoms with Gasteiger partial charge in [0.25, 0.3) is 5.91 Å². The van der Waals surface area contributed by atoms with Crippen molar-refractivity contribution in [2.75, 3.05) is 13.2 Å². The van der Waals surface area contributed by atoms with E-state index in [9.17, 15) is 9.59 Å². The first kappa shape index (κ1) is 21.5. The number of carbonyl (C=O) groups is 2. The summed E-state index contributed by atoms with van der Waals surface area (Å²) >= 11 is 0. The number of hydrogen-bond donors (Lipinski definition) is 0. The molecule has 0 saturated heterocycles. The van der Waals surface area contributed by atoms with Crippen LogP contribution in [0.15, 0.2) is 24.3 Å². The SMILES string of the molecule is CCOC(=O)CCN(C(=O)c1ccc(C(C)(C)C)cc1)C1CCCCCC1. The van der Waals surface area contributed by atoms with Crippen molar-refractivity contribution in [1.29, 1.82) is 0 Å². The van der Waals surface area contributed by atoms with E-state index in [1.54, 1.807) is 0 Å². The van der Waals surface area contributed by atoms with Gasteiger partial charge in [-0.3, -0.25) is 9.59 Å². The van der Waals surface area contributed by atoms with E-state index in [0.717, 1.165) is 25.7 Å². The van der Waals surface area contributed by atoms with Crippen molar-refractivity contribution in [3.63, 3.8) is 0 Å². The van der Waals surface area contributed by atoms with E-state index < -0.39 is 0 Å². The predicted molar refractivity (Wildman–Crippen MR) is 109 cm³/mol. The first-order valence-corrected chi connectivity index (χ1v) is 10.4. The Balaban J connectivity index is 2.17. The maximum atomic E-state index is 13.3. The van der Waals surface area contributed by atoms with Crippen molar-refractivity contribution < 1.29 is 14.3 Å². The lowest BCUT2D eigenvalue weighted by Gasteiger charge is -2.31. The van der Waals surface area contributed by atoms with E-state index in [1.165, 1.54) is 18.4 Å². The van der Waals surface area contributed by atoms with Gasteiger partial charge in [-0.05, 0) is 42.9 Å². The van der Waals surface area contributed by atoms with Gasteiger partial charge in [0, 0.05) is 18.2 Å². The van der Waals surface area contributed by atoms with Gasteiger partial charge < -0.3 is 9.64 Å². The monoisotopic (exact) mass is 373 g/mol. The maximum Gasteiger partial charge on any atom is 0.307 e. The Labute approximate surface area is 164 Å². The summed E-state index contributed by atoms with van der Waals surface area (Å²) in [7, 11) is 0. The zero-order chi connectivity index (χ0) is 19.9. The van der Waals surface area contributed by atoms with Crippen LogP contribution < -0.4 is 0 Å². The summed E-state index contributed by atoms with van der Waals surface area (Å²) in [5.41, 5.74) is 1.98. The minimum atomic E-state index is -0.230. The van der Waals surface area contributed by atoms with Crippen LogP contribution in [0.3, 0.4) is 0 Å². The van der Waals surface area contributed by atoms with Crippen molar-refractivity contribution in [2.45, 2.75) is 84.1 Å². The summed E-state index contributed by atoms with van der Waals surface area (Å²) < 4.78 is 5.07. The normalized spacial score (nSPS) is 15.9. The molecule has 1 saturated carbocycles. The predicted octanol–water partition coefficient (Wildman–Crippen LogP) is 5.10. The van der Waals surface area contributed by atoms with E-state index >= 15 is 0 Å². The first-order valence-electron chi connectivity index (χ1n) is 10.4. The van der Waals surface area contributed by atoms with Crippen molar-refractivity contribution in [3.05, 3.63) is 35.4 Å². The van der Waals surface area contributed by atoms with Gasteiger partial charge in [-0.1, -0.05) is 58.6 Å². The zero-order valence-corrected chi connectivity index (χ0v) is 17.4. The van der Waals surface area contributed by atoms with E-state index in [4.69, 9.17) is 4.74 Å². The molecule has 0 radical (unpaired) electrons. The highest BCUT2D eigenvalue weighted by molar-refractivity contribution is 5.94. The number of rotatable bonds is 6. The third kappa shape index (κ3) is 6.37. The van der Waals surface area contributed by atoms with Gasteiger partial charge in [0.1, 0.15) is 0 Å². The summed E-state index contributed by atoms with van der Waals surface area (Å²) in [4.78, 5) is 27.0. The lowest BCUT2D eigenvalue weighted by molar-refractivity contribution is -0.143. The van der Waals surface area contributed by atoms with Gasteiger partial charge in [-0.15, -0.1) is 0 Å². The lowest BCUT2D eigenvalue weighted by atomic mass is 9.86. The molecule has 0 aliphatic heterocycles. The van der Waals surface area contributed by atoms with Crippen LogP contribution in [-0.2, 0) is 14.9 Å². The van der Waals surface area contributed by atoms with Crippen LogP contribution in [0.25, 0.3) is 0 Å². The van der Waals surface area contributed by atoms with Crippen molar-refractivity contribution in [1.82, 2.24) is 4.90 Å². The van der Waals surface area contributed by atoms with Gasteiger partial charge in [0.15, 0.2) is 0 Å². The molecule has 1 aliphatic carbocycles. The molecule has 2 rings (SSSR count). The summed E-state index contributed by atoms with van der Waals surface area (Å²) in [5, 5.41) is 0. The quantitative estimate of drug-likeness (QED) is 0.515. The second-order valence-electron chi connectivity index (χ2n) is 8.53. The minimum absolute atomic E-state index is 0.0339. The van der Waals surface area contributed by atoms with Crippen molar-refractivity contribution in [2.24, 2.45) is 0 Å². The van der Waals surface area contributed by atoms with Crippen molar-refractivity contribution >= 4 is 11.9 Å². The van der Waals surface area contributed by atoms with Crippen LogP contribution in [0, 0.1) is 0 Å². The average Bonchev–Trinajstić information content (AvgIpc) is 2.91. The summed E-state index contributed by atoms with van der Waals surface area (Å²) in [6.45, 7) is 9.12. The van der Waals surface area contributed by atoms with E-state index in [-0.39, 0.29) is 29.8 Å². The fraction of sp³-hybridized carbons (Fsp3) is 0.652.